The van der Waals surface area contributed by atoms with Crippen LogP contribution in [0.2, 0.25) is 0 Å². The lowest BCUT2D eigenvalue weighted by molar-refractivity contribution is -0.119. The van der Waals surface area contributed by atoms with Gasteiger partial charge in [-0.1, -0.05) is 12.1 Å². The van der Waals surface area contributed by atoms with Gasteiger partial charge in [-0.3, -0.25) is 9.59 Å². The van der Waals surface area contributed by atoms with Gasteiger partial charge in [-0.05, 0) is 36.8 Å². The Kier molecular flexibility index (Phi) is 6.78. The third-order valence-corrected chi connectivity index (χ3v) is 5.64. The molecule has 28 heavy (non-hydrogen) atoms. The van der Waals surface area contributed by atoms with Crippen molar-refractivity contribution in [2.24, 2.45) is 0 Å². The van der Waals surface area contributed by atoms with E-state index in [1.807, 2.05) is 48.7 Å². The SMILES string of the molecule is CCOc1ccc(CC(=O)Nc2nc(-c3ccc(CNC(C)=O)s3)cs2)cc1. The third-order valence-electron chi connectivity index (χ3n) is 3.78. The van der Waals surface area contributed by atoms with Gasteiger partial charge in [0.25, 0.3) is 0 Å². The van der Waals surface area contributed by atoms with Gasteiger partial charge in [0, 0.05) is 17.2 Å². The number of hydrogen-bond donors (Lipinski definition) is 2. The summed E-state index contributed by atoms with van der Waals surface area (Å²) in [7, 11) is 0. The summed E-state index contributed by atoms with van der Waals surface area (Å²) < 4.78 is 5.41. The predicted molar refractivity (Wildman–Crippen MR) is 113 cm³/mol. The number of anilines is 1. The Labute approximate surface area is 171 Å². The first-order valence-corrected chi connectivity index (χ1v) is 10.5. The molecular formula is C20H21N3O3S2. The highest BCUT2D eigenvalue weighted by Gasteiger charge is 2.11. The maximum Gasteiger partial charge on any atom is 0.230 e. The van der Waals surface area contributed by atoms with Gasteiger partial charge in [0.2, 0.25) is 11.8 Å². The highest BCUT2D eigenvalue weighted by molar-refractivity contribution is 7.17. The molecule has 1 aromatic carbocycles. The lowest BCUT2D eigenvalue weighted by atomic mass is 10.1. The van der Waals surface area contributed by atoms with Crippen molar-refractivity contribution in [2.75, 3.05) is 11.9 Å². The van der Waals surface area contributed by atoms with Crippen LogP contribution in [0.15, 0.2) is 41.8 Å². The Morgan fingerprint density at radius 1 is 1.14 bits per heavy atom. The van der Waals surface area contributed by atoms with Crippen LogP contribution in [0.3, 0.4) is 0 Å². The standard InChI is InChI=1S/C20H21N3O3S2/c1-3-26-15-6-4-14(5-7-15)10-19(25)23-20-22-17(12-27-20)18-9-8-16(28-18)11-21-13(2)24/h4-9,12H,3,10-11H2,1-2H3,(H,21,24)(H,22,23,25). The van der Waals surface area contributed by atoms with E-state index in [9.17, 15) is 9.59 Å². The van der Waals surface area contributed by atoms with Gasteiger partial charge in [0.05, 0.1) is 30.1 Å². The maximum atomic E-state index is 12.3. The average Bonchev–Trinajstić information content (AvgIpc) is 3.31. The van der Waals surface area contributed by atoms with Crippen LogP contribution >= 0.6 is 22.7 Å². The molecule has 0 saturated carbocycles. The Morgan fingerprint density at radius 3 is 2.64 bits per heavy atom. The van der Waals surface area contributed by atoms with E-state index in [0.717, 1.165) is 26.8 Å². The van der Waals surface area contributed by atoms with E-state index in [4.69, 9.17) is 4.74 Å². The van der Waals surface area contributed by atoms with Gasteiger partial charge < -0.3 is 15.4 Å². The summed E-state index contributed by atoms with van der Waals surface area (Å²) in [5, 5.41) is 8.12. The Morgan fingerprint density at radius 2 is 1.93 bits per heavy atom. The van der Waals surface area contributed by atoms with E-state index in [1.165, 1.54) is 18.3 Å². The summed E-state index contributed by atoms with van der Waals surface area (Å²) in [5.41, 5.74) is 1.74. The van der Waals surface area contributed by atoms with Crippen molar-refractivity contribution in [1.29, 1.82) is 0 Å². The van der Waals surface area contributed by atoms with E-state index in [0.29, 0.717) is 18.3 Å². The number of benzene rings is 1. The molecule has 3 rings (SSSR count). The van der Waals surface area contributed by atoms with Crippen LogP contribution in [-0.2, 0) is 22.6 Å². The van der Waals surface area contributed by atoms with Crippen LogP contribution in [-0.4, -0.2) is 23.4 Å². The Bertz CT molecular complexity index is 948. The number of nitrogens with one attached hydrogen (secondary N) is 2. The van der Waals surface area contributed by atoms with E-state index in [1.54, 1.807) is 11.3 Å². The molecule has 0 aliphatic carbocycles. The molecule has 2 amide bonds. The first-order chi connectivity index (χ1) is 13.5. The molecule has 0 spiro atoms. The Balaban J connectivity index is 1.56. The van der Waals surface area contributed by atoms with Crippen molar-refractivity contribution in [3.8, 4) is 16.3 Å². The summed E-state index contributed by atoms with van der Waals surface area (Å²) in [6.07, 6.45) is 0.279. The van der Waals surface area contributed by atoms with Crippen LogP contribution in [0.25, 0.3) is 10.6 Å². The minimum atomic E-state index is -0.109. The quantitative estimate of drug-likeness (QED) is 0.581. The molecule has 0 atom stereocenters. The van der Waals surface area contributed by atoms with Crippen LogP contribution < -0.4 is 15.4 Å². The number of carbonyl (C=O) groups excluding carboxylic acids is 2. The number of ether oxygens (including phenoxy) is 1. The average molecular weight is 416 g/mol. The second-order valence-corrected chi connectivity index (χ2v) is 8.04. The molecule has 2 heterocycles. The lowest BCUT2D eigenvalue weighted by Crippen LogP contribution is -2.17. The fourth-order valence-electron chi connectivity index (χ4n) is 2.49. The first-order valence-electron chi connectivity index (χ1n) is 8.84. The van der Waals surface area contributed by atoms with Crippen molar-refractivity contribution in [3.63, 3.8) is 0 Å². The third kappa shape index (κ3) is 5.64. The molecule has 0 radical (unpaired) electrons. The highest BCUT2D eigenvalue weighted by atomic mass is 32.1. The molecule has 3 aromatic rings. The van der Waals surface area contributed by atoms with Crippen molar-refractivity contribution >= 4 is 39.6 Å². The zero-order valence-corrected chi connectivity index (χ0v) is 17.3. The van der Waals surface area contributed by atoms with Gasteiger partial charge in [0.1, 0.15) is 5.75 Å². The number of thiophene rings is 1. The molecule has 2 N–H and O–H groups in total. The van der Waals surface area contributed by atoms with Crippen molar-refractivity contribution in [1.82, 2.24) is 10.3 Å². The molecule has 0 fully saturated rings. The minimum Gasteiger partial charge on any atom is -0.494 e. The zero-order valence-electron chi connectivity index (χ0n) is 15.7. The first kappa shape index (κ1) is 20.0. The van der Waals surface area contributed by atoms with Crippen LogP contribution in [0, 0.1) is 0 Å². The second-order valence-electron chi connectivity index (χ2n) is 6.02. The Hall–Kier alpha value is -2.71. The largest absolute Gasteiger partial charge is 0.494 e. The van der Waals surface area contributed by atoms with Crippen molar-refractivity contribution in [3.05, 3.63) is 52.2 Å². The number of aromatic nitrogens is 1. The number of thiazole rings is 1. The smallest absolute Gasteiger partial charge is 0.230 e. The summed E-state index contributed by atoms with van der Waals surface area (Å²) in [6, 6.07) is 11.5. The number of carbonyl (C=O) groups is 2. The van der Waals surface area contributed by atoms with Gasteiger partial charge in [-0.25, -0.2) is 4.98 Å². The fourth-order valence-corrected chi connectivity index (χ4v) is 4.20. The number of hydrogen-bond acceptors (Lipinski definition) is 6. The summed E-state index contributed by atoms with van der Waals surface area (Å²) >= 11 is 2.97. The van der Waals surface area contributed by atoms with Crippen LogP contribution in [0.4, 0.5) is 5.13 Å². The van der Waals surface area contributed by atoms with Gasteiger partial charge in [-0.15, -0.1) is 22.7 Å². The van der Waals surface area contributed by atoms with Gasteiger partial charge in [-0.2, -0.15) is 0 Å². The van der Waals surface area contributed by atoms with Gasteiger partial charge >= 0.3 is 0 Å². The lowest BCUT2D eigenvalue weighted by Gasteiger charge is -2.05. The van der Waals surface area contributed by atoms with Crippen molar-refractivity contribution in [2.45, 2.75) is 26.8 Å². The van der Waals surface area contributed by atoms with Gasteiger partial charge in [0.15, 0.2) is 5.13 Å². The normalized spacial score (nSPS) is 10.5. The highest BCUT2D eigenvalue weighted by Crippen LogP contribution is 2.30. The van der Waals surface area contributed by atoms with Crippen LogP contribution in [0.5, 0.6) is 5.75 Å². The topological polar surface area (TPSA) is 80.3 Å². The molecule has 0 aliphatic heterocycles. The molecule has 0 unspecified atom stereocenters. The van der Waals surface area contributed by atoms with E-state index >= 15 is 0 Å². The molecule has 0 saturated heterocycles. The summed E-state index contributed by atoms with van der Waals surface area (Å²) in [5.74, 6) is 0.633. The molecule has 2 aromatic heterocycles. The maximum absolute atomic E-state index is 12.3. The predicted octanol–water partition coefficient (Wildman–Crippen LogP) is 4.09. The fraction of sp³-hybridized carbons (Fsp3) is 0.250. The molecule has 0 bridgehead atoms. The zero-order chi connectivity index (χ0) is 19.9. The number of amides is 2. The molecule has 8 heteroatoms. The summed E-state index contributed by atoms with van der Waals surface area (Å²) in [6.45, 7) is 4.56. The second kappa shape index (κ2) is 9.48. The van der Waals surface area contributed by atoms with E-state index in [-0.39, 0.29) is 18.2 Å². The molecular weight excluding hydrogens is 394 g/mol. The van der Waals surface area contributed by atoms with E-state index < -0.39 is 0 Å². The number of rotatable bonds is 8. The van der Waals surface area contributed by atoms with Crippen LogP contribution in [0.1, 0.15) is 24.3 Å². The molecule has 0 aliphatic rings. The molecule has 6 nitrogen and oxygen atoms in total. The molecule has 146 valence electrons. The minimum absolute atomic E-state index is 0.0545. The van der Waals surface area contributed by atoms with E-state index in [2.05, 4.69) is 15.6 Å². The van der Waals surface area contributed by atoms with Crippen molar-refractivity contribution < 1.29 is 14.3 Å². The summed E-state index contributed by atoms with van der Waals surface area (Å²) in [4.78, 5) is 29.8. The number of nitrogens with zero attached hydrogens (tertiary/aromatic N) is 1. The monoisotopic (exact) mass is 415 g/mol.